The van der Waals surface area contributed by atoms with Crippen molar-refractivity contribution in [3.8, 4) is 45.6 Å². The number of aromatic nitrogens is 2. The number of hydrogen-bond acceptors (Lipinski definition) is 8. The van der Waals surface area contributed by atoms with Gasteiger partial charge in [0.1, 0.15) is 0 Å². The number of rotatable bonds is 6. The third-order valence-corrected chi connectivity index (χ3v) is 5.88. The second kappa shape index (κ2) is 13.2. The number of carbonyl (C=O) groups is 2. The zero-order valence-electron chi connectivity index (χ0n) is 21.3. The van der Waals surface area contributed by atoms with Gasteiger partial charge in [0, 0.05) is 33.4 Å². The van der Waals surface area contributed by atoms with E-state index < -0.39 is 11.9 Å². The second-order valence-corrected chi connectivity index (χ2v) is 8.46. The topological polar surface area (TPSA) is 132 Å². The fraction of sp³-hybridized carbons (Fsp3) is 0. The van der Waals surface area contributed by atoms with E-state index in [-0.39, 0.29) is 40.0 Å². The average Bonchev–Trinajstić information content (AvgIpc) is 3.69. The van der Waals surface area contributed by atoms with Crippen LogP contribution in [0.15, 0.2) is 130 Å². The summed E-state index contributed by atoms with van der Waals surface area (Å²) in [7, 11) is 0. The van der Waals surface area contributed by atoms with Crippen LogP contribution in [-0.4, -0.2) is 21.9 Å². The number of benzene rings is 4. The summed E-state index contributed by atoms with van der Waals surface area (Å²) < 4.78 is 11.3. The summed E-state index contributed by atoms with van der Waals surface area (Å²) in [5.41, 5.74) is 2.72. The minimum absolute atomic E-state index is 0. The molecule has 0 aliphatic carbocycles. The number of nitrogens with zero attached hydrogens (tertiary/aromatic N) is 2. The van der Waals surface area contributed by atoms with E-state index in [4.69, 9.17) is 8.83 Å². The van der Waals surface area contributed by atoms with Gasteiger partial charge in [0.15, 0.2) is 11.5 Å². The summed E-state index contributed by atoms with van der Waals surface area (Å²) >= 11 is 0. The summed E-state index contributed by atoms with van der Waals surface area (Å²) in [5, 5.41) is 22.2. The van der Waals surface area contributed by atoms with Crippen molar-refractivity contribution >= 4 is 11.9 Å². The maximum atomic E-state index is 11.1. The van der Waals surface area contributed by atoms with Gasteiger partial charge in [-0.05, 0) is 12.1 Å². The molecule has 0 bridgehead atoms. The van der Waals surface area contributed by atoms with Gasteiger partial charge >= 0.3 is 17.1 Å². The van der Waals surface area contributed by atoms with Crippen molar-refractivity contribution in [2.45, 2.75) is 0 Å². The molecule has 41 heavy (non-hydrogen) atoms. The first-order valence-electron chi connectivity index (χ1n) is 12.2. The first kappa shape index (κ1) is 28.8. The van der Waals surface area contributed by atoms with Crippen molar-refractivity contribution < 1.29 is 45.7 Å². The molecule has 0 saturated heterocycles. The molecule has 2 aromatic heterocycles. The van der Waals surface area contributed by atoms with Crippen LogP contribution in [0, 0.1) is 0 Å². The van der Waals surface area contributed by atoms with Gasteiger partial charge in [-0.3, -0.25) is 0 Å². The first-order chi connectivity index (χ1) is 19.5. The molecule has 9 heteroatoms. The SMILES string of the molecule is O=C([O-])c1ccccc1-c1ncc(-c2ccccc2)o1.O=C([O-])c1ccccc1-c1ncc(-c2ccccc2)o1.[Mn+2]. The van der Waals surface area contributed by atoms with Gasteiger partial charge in [-0.25, -0.2) is 9.97 Å². The van der Waals surface area contributed by atoms with Crippen LogP contribution in [-0.2, 0) is 17.1 Å². The predicted octanol–water partition coefficient (Wildman–Crippen LogP) is 4.74. The van der Waals surface area contributed by atoms with Crippen LogP contribution in [0.1, 0.15) is 20.7 Å². The monoisotopic (exact) mass is 583 g/mol. The van der Waals surface area contributed by atoms with E-state index in [1.54, 1.807) is 48.8 Å². The van der Waals surface area contributed by atoms with E-state index in [1.165, 1.54) is 12.1 Å². The molecule has 201 valence electrons. The van der Waals surface area contributed by atoms with Gasteiger partial charge in [-0.2, -0.15) is 0 Å². The number of aromatic carboxylic acids is 2. The van der Waals surface area contributed by atoms with E-state index in [0.29, 0.717) is 22.6 Å². The van der Waals surface area contributed by atoms with Crippen molar-refractivity contribution in [1.82, 2.24) is 9.97 Å². The minimum atomic E-state index is -1.25. The Morgan fingerprint density at radius 2 is 0.854 bits per heavy atom. The maximum absolute atomic E-state index is 11.1. The summed E-state index contributed by atoms with van der Waals surface area (Å²) in [6.45, 7) is 0. The van der Waals surface area contributed by atoms with Crippen LogP contribution in [0.4, 0.5) is 0 Å². The Kier molecular flexibility index (Phi) is 9.27. The molecule has 0 unspecified atom stereocenters. The normalized spacial score (nSPS) is 10.1. The molecule has 0 atom stereocenters. The molecule has 6 rings (SSSR count). The number of hydrogen-bond donors (Lipinski definition) is 0. The van der Waals surface area contributed by atoms with Crippen LogP contribution in [0.2, 0.25) is 0 Å². The average molecular weight is 583 g/mol. The molecule has 0 aliphatic rings. The molecule has 0 aliphatic heterocycles. The Balaban J connectivity index is 0.000000184. The summed E-state index contributed by atoms with van der Waals surface area (Å²) in [4.78, 5) is 30.5. The van der Waals surface area contributed by atoms with Crippen molar-refractivity contribution in [3.63, 3.8) is 0 Å². The Morgan fingerprint density at radius 1 is 0.512 bits per heavy atom. The largest absolute Gasteiger partial charge is 2.00 e. The number of carboxylic acid groups (broad SMARTS) is 2. The molecule has 8 nitrogen and oxygen atoms in total. The van der Waals surface area contributed by atoms with Crippen molar-refractivity contribution in [1.29, 1.82) is 0 Å². The van der Waals surface area contributed by atoms with Gasteiger partial charge in [0.2, 0.25) is 11.8 Å². The molecule has 6 aromatic rings. The molecular formula is C32H20MnN2O6. The van der Waals surface area contributed by atoms with E-state index in [0.717, 1.165) is 11.1 Å². The molecule has 0 fully saturated rings. The number of carbonyl (C=O) groups excluding carboxylic acids is 2. The Morgan fingerprint density at radius 3 is 1.22 bits per heavy atom. The second-order valence-electron chi connectivity index (χ2n) is 8.46. The van der Waals surface area contributed by atoms with Crippen LogP contribution in [0.3, 0.4) is 0 Å². The van der Waals surface area contributed by atoms with Gasteiger partial charge in [0.05, 0.1) is 24.3 Å². The van der Waals surface area contributed by atoms with Gasteiger partial charge in [0.25, 0.3) is 0 Å². The van der Waals surface area contributed by atoms with E-state index in [2.05, 4.69) is 9.97 Å². The molecule has 0 amide bonds. The summed E-state index contributed by atoms with van der Waals surface area (Å²) in [6, 6.07) is 31.9. The third-order valence-electron chi connectivity index (χ3n) is 5.88. The molecule has 0 saturated carbocycles. The van der Waals surface area contributed by atoms with Crippen molar-refractivity contribution in [3.05, 3.63) is 133 Å². The predicted molar refractivity (Wildman–Crippen MR) is 143 cm³/mol. The van der Waals surface area contributed by atoms with E-state index in [1.807, 2.05) is 60.7 Å². The smallest absolute Gasteiger partial charge is 0.545 e. The van der Waals surface area contributed by atoms with Gasteiger partial charge in [-0.15, -0.1) is 0 Å². The maximum Gasteiger partial charge on any atom is 2.00 e. The van der Waals surface area contributed by atoms with Gasteiger partial charge < -0.3 is 28.6 Å². The van der Waals surface area contributed by atoms with Crippen LogP contribution in [0.5, 0.6) is 0 Å². The van der Waals surface area contributed by atoms with Crippen LogP contribution in [0.25, 0.3) is 45.6 Å². The fourth-order valence-corrected chi connectivity index (χ4v) is 3.96. The van der Waals surface area contributed by atoms with Crippen molar-refractivity contribution in [2.75, 3.05) is 0 Å². The molecule has 2 heterocycles. The quantitative estimate of drug-likeness (QED) is 0.257. The molecule has 4 aromatic carbocycles. The molecule has 0 spiro atoms. The van der Waals surface area contributed by atoms with Crippen molar-refractivity contribution in [2.24, 2.45) is 0 Å². The standard InChI is InChI=1S/2C16H11NO3.Mn/c2*18-16(19)13-9-5-4-8-12(13)15-17-10-14(20-15)11-6-2-1-3-7-11;/h2*1-10H,(H,18,19);/q;;+2/p-2. The summed E-state index contributed by atoms with van der Waals surface area (Å²) in [5.74, 6) is -0.782. The number of carboxylic acids is 2. The number of oxazole rings is 2. The Labute approximate surface area is 245 Å². The Hall–Kier alpha value is -5.24. The van der Waals surface area contributed by atoms with Gasteiger partial charge in [-0.1, -0.05) is 97.1 Å². The molecule has 0 N–H and O–H groups in total. The summed E-state index contributed by atoms with van der Waals surface area (Å²) in [6.07, 6.45) is 3.16. The van der Waals surface area contributed by atoms with Crippen LogP contribution >= 0.6 is 0 Å². The Bertz CT molecular complexity index is 1630. The van der Waals surface area contributed by atoms with E-state index in [9.17, 15) is 19.8 Å². The van der Waals surface area contributed by atoms with E-state index >= 15 is 0 Å². The molecular weight excluding hydrogens is 563 g/mol. The fourth-order valence-electron chi connectivity index (χ4n) is 3.96. The van der Waals surface area contributed by atoms with Crippen LogP contribution < -0.4 is 10.2 Å². The molecule has 1 radical (unpaired) electrons. The minimum Gasteiger partial charge on any atom is -0.545 e. The zero-order valence-corrected chi connectivity index (χ0v) is 22.4. The zero-order chi connectivity index (χ0) is 27.9. The first-order valence-corrected chi connectivity index (χ1v) is 12.2. The third kappa shape index (κ3) is 6.67.